The Balaban J connectivity index is 1.99. The third-order valence-electron chi connectivity index (χ3n) is 2.78. The highest BCUT2D eigenvalue weighted by atomic mass is 32.1. The fraction of sp³-hybridized carbons (Fsp3) is 0.231. The molecule has 0 amide bonds. The summed E-state index contributed by atoms with van der Waals surface area (Å²) in [5.74, 6) is -1.06. The molecule has 2 aromatic rings. The molecule has 1 aromatic heterocycles. The quantitative estimate of drug-likeness (QED) is 0.641. The molecule has 2 rings (SSSR count). The van der Waals surface area contributed by atoms with Crippen LogP contribution in [0.3, 0.4) is 0 Å². The highest BCUT2D eigenvalue weighted by Crippen LogP contribution is 2.36. The lowest BCUT2D eigenvalue weighted by molar-refractivity contribution is 0.364. The smallest absolute Gasteiger partial charge is 0.200 e. The van der Waals surface area contributed by atoms with Crippen LogP contribution in [0.25, 0.3) is 0 Å². The summed E-state index contributed by atoms with van der Waals surface area (Å²) in [5, 5.41) is 33.5. The Labute approximate surface area is 109 Å². The molecule has 0 saturated heterocycles. The molecule has 0 radical (unpaired) electrons. The van der Waals surface area contributed by atoms with E-state index in [2.05, 4.69) is 18.3 Å². The van der Waals surface area contributed by atoms with E-state index >= 15 is 0 Å². The molecule has 5 heteroatoms. The number of aryl methyl sites for hydroxylation is 1. The molecule has 0 aliphatic heterocycles. The van der Waals surface area contributed by atoms with Gasteiger partial charge >= 0.3 is 0 Å². The predicted octanol–water partition coefficient (Wildman–Crippen LogP) is 2.46. The number of nitrogens with one attached hydrogen (secondary N) is 1. The fourth-order valence-electron chi connectivity index (χ4n) is 1.65. The van der Waals surface area contributed by atoms with Gasteiger partial charge in [0.2, 0.25) is 5.75 Å². The lowest BCUT2D eigenvalue weighted by Crippen LogP contribution is -2.12. The first-order valence-electron chi connectivity index (χ1n) is 5.56. The summed E-state index contributed by atoms with van der Waals surface area (Å²) in [6.45, 7) is 3.19. The second-order valence-electron chi connectivity index (χ2n) is 4.07. The lowest BCUT2D eigenvalue weighted by Gasteiger charge is -2.08. The topological polar surface area (TPSA) is 72.7 Å². The third-order valence-corrected chi connectivity index (χ3v) is 3.81. The van der Waals surface area contributed by atoms with Crippen molar-refractivity contribution in [2.24, 2.45) is 0 Å². The Morgan fingerprint density at radius 3 is 2.50 bits per heavy atom. The molecule has 0 fully saturated rings. The van der Waals surface area contributed by atoms with Gasteiger partial charge in [-0.15, -0.1) is 11.3 Å². The lowest BCUT2D eigenvalue weighted by atomic mass is 10.1. The number of aromatic hydroxyl groups is 3. The molecule has 0 aliphatic rings. The largest absolute Gasteiger partial charge is 0.504 e. The van der Waals surface area contributed by atoms with Crippen LogP contribution in [-0.2, 0) is 13.1 Å². The third kappa shape index (κ3) is 2.57. The van der Waals surface area contributed by atoms with E-state index in [4.69, 9.17) is 0 Å². The van der Waals surface area contributed by atoms with Crippen LogP contribution in [0.2, 0.25) is 0 Å². The van der Waals surface area contributed by atoms with Crippen molar-refractivity contribution in [3.05, 3.63) is 39.6 Å². The number of benzene rings is 1. The summed E-state index contributed by atoms with van der Waals surface area (Å²) in [6, 6.07) is 5.01. The van der Waals surface area contributed by atoms with E-state index in [-0.39, 0.29) is 11.5 Å². The van der Waals surface area contributed by atoms with Crippen LogP contribution in [0.4, 0.5) is 0 Å². The van der Waals surface area contributed by atoms with Crippen molar-refractivity contribution >= 4 is 11.3 Å². The van der Waals surface area contributed by atoms with E-state index in [9.17, 15) is 15.3 Å². The summed E-state index contributed by atoms with van der Waals surface area (Å²) >= 11 is 1.68. The summed E-state index contributed by atoms with van der Waals surface area (Å²) in [7, 11) is 0. The Morgan fingerprint density at radius 2 is 1.83 bits per heavy atom. The minimum absolute atomic E-state index is 0.273. The Kier molecular flexibility index (Phi) is 3.74. The number of hydrogen-bond acceptors (Lipinski definition) is 5. The zero-order valence-electron chi connectivity index (χ0n) is 9.97. The Hall–Kier alpha value is -1.72. The standard InChI is InChI=1S/C13H15NO3S/c1-8-4-5-18-11(8)7-14-6-9-2-3-10(15)13(17)12(9)16/h2-5,14-17H,6-7H2,1H3. The molecule has 0 bridgehead atoms. The van der Waals surface area contributed by atoms with Crippen LogP contribution in [0, 0.1) is 6.92 Å². The second kappa shape index (κ2) is 5.29. The van der Waals surface area contributed by atoms with Gasteiger partial charge in [-0.1, -0.05) is 6.07 Å². The number of phenolic OH excluding ortho intramolecular Hbond substituents is 3. The van der Waals surface area contributed by atoms with E-state index in [0.29, 0.717) is 18.7 Å². The minimum atomic E-state index is -0.471. The Morgan fingerprint density at radius 1 is 1.06 bits per heavy atom. The zero-order valence-corrected chi connectivity index (χ0v) is 10.8. The summed E-state index contributed by atoms with van der Waals surface area (Å²) in [6.07, 6.45) is 0. The van der Waals surface area contributed by atoms with Crippen molar-refractivity contribution in [1.82, 2.24) is 5.32 Å². The van der Waals surface area contributed by atoms with E-state index in [1.54, 1.807) is 17.4 Å². The minimum Gasteiger partial charge on any atom is -0.504 e. The van der Waals surface area contributed by atoms with Gasteiger partial charge in [-0.05, 0) is 30.0 Å². The average Bonchev–Trinajstić information content (AvgIpc) is 2.75. The first kappa shape index (κ1) is 12.7. The zero-order chi connectivity index (χ0) is 13.1. The van der Waals surface area contributed by atoms with Gasteiger partial charge in [0.1, 0.15) is 0 Å². The molecular formula is C13H15NO3S. The molecule has 0 saturated carbocycles. The van der Waals surface area contributed by atoms with Gasteiger partial charge in [0.25, 0.3) is 0 Å². The SMILES string of the molecule is Cc1ccsc1CNCc1ccc(O)c(O)c1O. The molecule has 18 heavy (non-hydrogen) atoms. The fourth-order valence-corrected chi connectivity index (χ4v) is 2.53. The van der Waals surface area contributed by atoms with Crippen molar-refractivity contribution in [1.29, 1.82) is 0 Å². The van der Waals surface area contributed by atoms with E-state index < -0.39 is 5.75 Å². The van der Waals surface area contributed by atoms with Crippen molar-refractivity contribution < 1.29 is 15.3 Å². The van der Waals surface area contributed by atoms with Crippen LogP contribution >= 0.6 is 11.3 Å². The van der Waals surface area contributed by atoms with Gasteiger partial charge < -0.3 is 20.6 Å². The van der Waals surface area contributed by atoms with Crippen molar-refractivity contribution in [3.63, 3.8) is 0 Å². The monoisotopic (exact) mass is 265 g/mol. The van der Waals surface area contributed by atoms with Crippen LogP contribution in [0.15, 0.2) is 23.6 Å². The highest BCUT2D eigenvalue weighted by molar-refractivity contribution is 7.10. The van der Waals surface area contributed by atoms with Crippen molar-refractivity contribution in [2.45, 2.75) is 20.0 Å². The van der Waals surface area contributed by atoms with Gasteiger partial charge in [-0.3, -0.25) is 0 Å². The molecular weight excluding hydrogens is 250 g/mol. The normalized spacial score (nSPS) is 10.7. The Bertz CT molecular complexity index is 551. The molecule has 0 unspecified atom stereocenters. The molecule has 96 valence electrons. The first-order valence-corrected chi connectivity index (χ1v) is 6.44. The maximum absolute atomic E-state index is 9.64. The van der Waals surface area contributed by atoms with E-state index in [1.165, 1.54) is 16.5 Å². The maximum atomic E-state index is 9.64. The summed E-state index contributed by atoms with van der Waals surface area (Å²) in [5.41, 5.74) is 1.80. The van der Waals surface area contributed by atoms with E-state index in [1.807, 2.05) is 5.38 Å². The number of rotatable bonds is 4. The van der Waals surface area contributed by atoms with Crippen LogP contribution in [0.5, 0.6) is 17.2 Å². The van der Waals surface area contributed by atoms with Crippen LogP contribution < -0.4 is 5.32 Å². The second-order valence-corrected chi connectivity index (χ2v) is 5.07. The molecule has 0 spiro atoms. The van der Waals surface area contributed by atoms with Gasteiger partial charge in [0.05, 0.1) is 0 Å². The molecule has 4 N–H and O–H groups in total. The molecule has 1 aromatic carbocycles. The van der Waals surface area contributed by atoms with Gasteiger partial charge in [-0.25, -0.2) is 0 Å². The molecule has 0 aliphatic carbocycles. The van der Waals surface area contributed by atoms with Crippen molar-refractivity contribution in [2.75, 3.05) is 0 Å². The van der Waals surface area contributed by atoms with Gasteiger partial charge in [0, 0.05) is 23.5 Å². The van der Waals surface area contributed by atoms with Crippen LogP contribution in [0.1, 0.15) is 16.0 Å². The maximum Gasteiger partial charge on any atom is 0.200 e. The molecule has 4 nitrogen and oxygen atoms in total. The summed E-state index contributed by atoms with van der Waals surface area (Å²) < 4.78 is 0. The van der Waals surface area contributed by atoms with Crippen molar-refractivity contribution in [3.8, 4) is 17.2 Å². The van der Waals surface area contributed by atoms with Gasteiger partial charge in [0.15, 0.2) is 11.5 Å². The predicted molar refractivity (Wildman–Crippen MR) is 71.0 cm³/mol. The first-order chi connectivity index (χ1) is 8.59. The van der Waals surface area contributed by atoms with Crippen LogP contribution in [-0.4, -0.2) is 15.3 Å². The van der Waals surface area contributed by atoms with Gasteiger partial charge in [-0.2, -0.15) is 0 Å². The molecule has 1 heterocycles. The highest BCUT2D eigenvalue weighted by Gasteiger charge is 2.10. The number of phenols is 3. The molecule has 0 atom stereocenters. The number of thiophene rings is 1. The average molecular weight is 265 g/mol. The number of hydrogen-bond donors (Lipinski definition) is 4. The van der Waals surface area contributed by atoms with E-state index in [0.717, 1.165) is 0 Å². The summed E-state index contributed by atoms with van der Waals surface area (Å²) in [4.78, 5) is 1.25.